The number of hydrogen-bond donors (Lipinski definition) is 3. The molecule has 14 heavy (non-hydrogen) atoms. The van der Waals surface area contributed by atoms with Crippen LogP contribution in [-0.4, -0.2) is 14.4 Å². The van der Waals surface area contributed by atoms with E-state index in [4.69, 9.17) is 5.84 Å². The van der Waals surface area contributed by atoms with Crippen molar-refractivity contribution in [3.63, 3.8) is 0 Å². The molecule has 1 rings (SSSR count). The summed E-state index contributed by atoms with van der Waals surface area (Å²) in [5.41, 5.74) is 1.66. The molecule has 0 heterocycles. The topological polar surface area (TPSA) is 101 Å². The van der Waals surface area contributed by atoms with Gasteiger partial charge in [-0.2, -0.15) is 0 Å². The van der Waals surface area contributed by atoms with Gasteiger partial charge in [0.25, 0.3) is 10.0 Å². The second-order valence-electron chi connectivity index (χ2n) is 2.39. The summed E-state index contributed by atoms with van der Waals surface area (Å²) >= 11 is 0. The molecule has 1 aromatic carbocycles. The highest BCUT2D eigenvalue weighted by molar-refractivity contribution is 7.90. The van der Waals surface area contributed by atoms with Crippen LogP contribution in [0.3, 0.4) is 0 Å². The summed E-state index contributed by atoms with van der Waals surface area (Å²) in [6.07, 6.45) is 0. The molecule has 76 valence electrons. The molecule has 2 amide bonds. The van der Waals surface area contributed by atoms with Crippen molar-refractivity contribution < 1.29 is 13.2 Å². The average molecular weight is 215 g/mol. The third kappa shape index (κ3) is 2.44. The van der Waals surface area contributed by atoms with Crippen LogP contribution in [0.1, 0.15) is 0 Å². The van der Waals surface area contributed by atoms with Gasteiger partial charge < -0.3 is 0 Å². The number of hydrogen-bond acceptors (Lipinski definition) is 4. The molecule has 0 unspecified atom stereocenters. The lowest BCUT2D eigenvalue weighted by Crippen LogP contribution is -2.42. The highest BCUT2D eigenvalue weighted by Gasteiger charge is 2.15. The van der Waals surface area contributed by atoms with Crippen molar-refractivity contribution in [3.05, 3.63) is 30.3 Å². The van der Waals surface area contributed by atoms with E-state index in [1.807, 2.05) is 0 Å². The van der Waals surface area contributed by atoms with E-state index < -0.39 is 16.1 Å². The van der Waals surface area contributed by atoms with Gasteiger partial charge in [0.1, 0.15) is 0 Å². The van der Waals surface area contributed by atoms with Crippen LogP contribution < -0.4 is 16.0 Å². The van der Waals surface area contributed by atoms with Crippen molar-refractivity contribution >= 4 is 16.1 Å². The normalized spacial score (nSPS) is 10.6. The third-order valence-electron chi connectivity index (χ3n) is 1.41. The fourth-order valence-electron chi connectivity index (χ4n) is 0.810. The molecule has 0 aliphatic heterocycles. The SMILES string of the molecule is NNC(=O)NS(=O)(=O)c1ccccc1. The van der Waals surface area contributed by atoms with Gasteiger partial charge in [0.05, 0.1) is 4.90 Å². The molecule has 0 bridgehead atoms. The van der Waals surface area contributed by atoms with Crippen molar-refractivity contribution in [1.82, 2.24) is 10.1 Å². The molecule has 6 nitrogen and oxygen atoms in total. The van der Waals surface area contributed by atoms with E-state index in [2.05, 4.69) is 0 Å². The number of nitrogens with two attached hydrogens (primary N) is 1. The smallest absolute Gasteiger partial charge is 0.275 e. The minimum absolute atomic E-state index is 0.00333. The average Bonchev–Trinajstić information content (AvgIpc) is 2.18. The van der Waals surface area contributed by atoms with Crippen LogP contribution >= 0.6 is 0 Å². The molecular formula is C7H9N3O3S. The fraction of sp³-hybridized carbons (Fsp3) is 0. The van der Waals surface area contributed by atoms with Crippen molar-refractivity contribution in [3.8, 4) is 0 Å². The monoisotopic (exact) mass is 215 g/mol. The van der Waals surface area contributed by atoms with Crippen molar-refractivity contribution in [2.75, 3.05) is 0 Å². The Morgan fingerprint density at radius 1 is 1.21 bits per heavy atom. The largest absolute Gasteiger partial charge is 0.342 e. The Bertz CT molecular complexity index is 415. The van der Waals surface area contributed by atoms with E-state index >= 15 is 0 Å². The minimum atomic E-state index is -3.81. The number of carbonyl (C=O) groups is 1. The lowest BCUT2D eigenvalue weighted by Gasteiger charge is -2.04. The Morgan fingerprint density at radius 2 is 1.79 bits per heavy atom. The number of rotatable bonds is 2. The van der Waals surface area contributed by atoms with Gasteiger partial charge >= 0.3 is 6.03 Å². The molecular weight excluding hydrogens is 206 g/mol. The van der Waals surface area contributed by atoms with Crippen molar-refractivity contribution in [2.24, 2.45) is 5.84 Å². The lowest BCUT2D eigenvalue weighted by atomic mass is 10.4. The maximum atomic E-state index is 11.4. The zero-order valence-corrected chi connectivity index (χ0v) is 7.91. The first-order chi connectivity index (χ1) is 6.56. The molecule has 1 aromatic rings. The van der Waals surface area contributed by atoms with Gasteiger partial charge in [-0.3, -0.25) is 5.43 Å². The Labute approximate surface area is 81.1 Å². The van der Waals surface area contributed by atoms with Gasteiger partial charge in [0.2, 0.25) is 0 Å². The van der Waals surface area contributed by atoms with Gasteiger partial charge in [-0.05, 0) is 12.1 Å². The van der Waals surface area contributed by atoms with Crippen LogP contribution in [0.5, 0.6) is 0 Å². The molecule has 0 atom stereocenters. The molecule has 0 aromatic heterocycles. The Balaban J connectivity index is 2.93. The highest BCUT2D eigenvalue weighted by atomic mass is 32.2. The standard InChI is InChI=1S/C7H9N3O3S/c8-9-7(11)10-14(12,13)6-4-2-1-3-5-6/h1-5H,8H2,(H2,9,10,11). The third-order valence-corrected chi connectivity index (χ3v) is 2.76. The summed E-state index contributed by atoms with van der Waals surface area (Å²) in [6, 6.07) is 6.53. The minimum Gasteiger partial charge on any atom is -0.275 e. The zero-order chi connectivity index (χ0) is 10.6. The summed E-state index contributed by atoms with van der Waals surface area (Å²) < 4.78 is 24.5. The summed E-state index contributed by atoms with van der Waals surface area (Å²) in [5.74, 6) is 4.73. The van der Waals surface area contributed by atoms with E-state index in [0.717, 1.165) is 0 Å². The summed E-state index contributed by atoms with van der Waals surface area (Å²) in [5, 5.41) is 0. The molecule has 0 fully saturated rings. The maximum absolute atomic E-state index is 11.4. The maximum Gasteiger partial charge on any atom is 0.342 e. The van der Waals surface area contributed by atoms with Gasteiger partial charge in [-0.15, -0.1) is 0 Å². The first kappa shape index (κ1) is 10.5. The van der Waals surface area contributed by atoms with E-state index in [1.165, 1.54) is 12.1 Å². The van der Waals surface area contributed by atoms with Gasteiger partial charge in [0, 0.05) is 0 Å². The molecule has 0 spiro atoms. The second-order valence-corrected chi connectivity index (χ2v) is 4.07. The number of sulfonamides is 1. The Kier molecular flexibility index (Phi) is 3.05. The number of nitrogens with one attached hydrogen (secondary N) is 2. The predicted octanol–water partition coefficient (Wildman–Crippen LogP) is -0.452. The quantitative estimate of drug-likeness (QED) is 0.353. The second kappa shape index (κ2) is 4.07. The van der Waals surface area contributed by atoms with Crippen molar-refractivity contribution in [1.29, 1.82) is 0 Å². The van der Waals surface area contributed by atoms with Crippen molar-refractivity contribution in [2.45, 2.75) is 4.90 Å². The number of hydrazine groups is 1. The summed E-state index contributed by atoms with van der Waals surface area (Å²) in [7, 11) is -3.81. The van der Waals surface area contributed by atoms with E-state index in [0.29, 0.717) is 0 Å². The first-order valence-corrected chi connectivity index (χ1v) is 5.13. The van der Waals surface area contributed by atoms with Crippen LogP contribution in [0, 0.1) is 0 Å². The summed E-state index contributed by atoms with van der Waals surface area (Å²) in [4.78, 5) is 10.7. The van der Waals surface area contributed by atoms with Gasteiger partial charge in [0.15, 0.2) is 0 Å². The number of urea groups is 1. The van der Waals surface area contributed by atoms with E-state index in [-0.39, 0.29) is 4.90 Å². The molecule has 7 heteroatoms. The fourth-order valence-corrected chi connectivity index (χ4v) is 1.75. The Hall–Kier alpha value is -1.60. The van der Waals surface area contributed by atoms with E-state index in [1.54, 1.807) is 28.3 Å². The molecule has 0 saturated heterocycles. The van der Waals surface area contributed by atoms with E-state index in [9.17, 15) is 13.2 Å². The van der Waals surface area contributed by atoms with Crippen LogP contribution in [-0.2, 0) is 10.0 Å². The molecule has 0 saturated carbocycles. The first-order valence-electron chi connectivity index (χ1n) is 3.65. The zero-order valence-electron chi connectivity index (χ0n) is 7.10. The number of amides is 2. The molecule has 0 radical (unpaired) electrons. The van der Waals surface area contributed by atoms with Crippen LogP contribution in [0.15, 0.2) is 35.2 Å². The number of benzene rings is 1. The molecule has 0 aliphatic carbocycles. The highest BCUT2D eigenvalue weighted by Crippen LogP contribution is 2.06. The van der Waals surface area contributed by atoms with Crippen LogP contribution in [0.4, 0.5) is 4.79 Å². The molecule has 0 aliphatic rings. The molecule has 4 N–H and O–H groups in total. The lowest BCUT2D eigenvalue weighted by molar-refractivity contribution is 0.246. The van der Waals surface area contributed by atoms with Gasteiger partial charge in [-0.25, -0.2) is 23.8 Å². The van der Waals surface area contributed by atoms with Crippen LogP contribution in [0.25, 0.3) is 0 Å². The predicted molar refractivity (Wildman–Crippen MR) is 49.5 cm³/mol. The number of carbonyl (C=O) groups excluding carboxylic acids is 1. The van der Waals surface area contributed by atoms with Gasteiger partial charge in [-0.1, -0.05) is 18.2 Å². The Morgan fingerprint density at radius 3 is 2.29 bits per heavy atom. The van der Waals surface area contributed by atoms with Crippen LogP contribution in [0.2, 0.25) is 0 Å². The summed E-state index contributed by atoms with van der Waals surface area (Å²) in [6.45, 7) is 0.